The Hall–Kier alpha value is -3.18. The van der Waals surface area contributed by atoms with Gasteiger partial charge >= 0.3 is 6.18 Å². The topological polar surface area (TPSA) is 87.2 Å². The maximum atomic E-state index is 14.4. The van der Waals surface area contributed by atoms with E-state index in [1.54, 1.807) is 24.3 Å². The van der Waals surface area contributed by atoms with E-state index in [4.69, 9.17) is 5.73 Å². The lowest BCUT2D eigenvalue weighted by Gasteiger charge is -2.38. The molecule has 1 amide bonds. The molecule has 2 aromatic carbocycles. The number of alkyl halides is 3. The van der Waals surface area contributed by atoms with Crippen LogP contribution >= 0.6 is 0 Å². The Morgan fingerprint density at radius 2 is 1.74 bits per heavy atom. The molecule has 0 radical (unpaired) electrons. The van der Waals surface area contributed by atoms with Gasteiger partial charge in [-0.15, -0.1) is 0 Å². The van der Waals surface area contributed by atoms with Crippen molar-refractivity contribution in [2.24, 2.45) is 11.7 Å². The molecule has 0 aromatic heterocycles. The molecule has 2 aromatic rings. The number of benzene rings is 2. The third-order valence-electron chi connectivity index (χ3n) is 6.07. The Morgan fingerprint density at radius 1 is 1.12 bits per heavy atom. The van der Waals surface area contributed by atoms with E-state index in [0.717, 1.165) is 0 Å². The molecule has 0 saturated heterocycles. The van der Waals surface area contributed by atoms with E-state index in [9.17, 15) is 28.0 Å². The summed E-state index contributed by atoms with van der Waals surface area (Å²) in [4.78, 5) is 25.5. The van der Waals surface area contributed by atoms with Crippen LogP contribution in [0, 0.1) is 17.2 Å². The summed E-state index contributed by atoms with van der Waals surface area (Å²) >= 11 is 0. The van der Waals surface area contributed by atoms with Gasteiger partial charge in [0.1, 0.15) is 5.54 Å². The second-order valence-corrected chi connectivity index (χ2v) is 9.29. The van der Waals surface area contributed by atoms with Gasteiger partial charge in [-0.2, -0.15) is 18.4 Å². The van der Waals surface area contributed by atoms with Crippen molar-refractivity contribution < 1.29 is 22.8 Å². The summed E-state index contributed by atoms with van der Waals surface area (Å²) in [6.45, 7) is 5.10. The SMILES string of the molecule is CC(=O)c1cccc(-c2ccc([C@H](N(C(=O)[C@@H](N)CC(C)C)C3(C#N)CC3)C(F)(F)F)cc2)c1. The average molecular weight is 472 g/mol. The summed E-state index contributed by atoms with van der Waals surface area (Å²) in [5.41, 5.74) is 6.15. The van der Waals surface area contributed by atoms with Crippen molar-refractivity contribution in [2.45, 2.75) is 63.8 Å². The van der Waals surface area contributed by atoms with E-state index in [0.29, 0.717) is 21.6 Å². The lowest BCUT2D eigenvalue weighted by molar-refractivity contribution is -0.197. The van der Waals surface area contributed by atoms with Crippen molar-refractivity contribution in [1.82, 2.24) is 4.90 Å². The summed E-state index contributed by atoms with van der Waals surface area (Å²) in [5, 5.41) is 9.69. The number of nitriles is 1. The number of hydrogen-bond acceptors (Lipinski definition) is 4. The summed E-state index contributed by atoms with van der Waals surface area (Å²) in [6, 6.07) is 11.0. The molecule has 8 heteroatoms. The number of halogens is 3. The molecular weight excluding hydrogens is 443 g/mol. The van der Waals surface area contributed by atoms with Crippen molar-refractivity contribution >= 4 is 11.7 Å². The molecule has 3 rings (SSSR count). The van der Waals surface area contributed by atoms with Crippen LogP contribution in [0.3, 0.4) is 0 Å². The highest BCUT2D eigenvalue weighted by Crippen LogP contribution is 2.50. The highest BCUT2D eigenvalue weighted by atomic mass is 19.4. The lowest BCUT2D eigenvalue weighted by atomic mass is 9.95. The highest BCUT2D eigenvalue weighted by Gasteiger charge is 2.60. The van der Waals surface area contributed by atoms with Gasteiger partial charge in [0.15, 0.2) is 11.8 Å². The van der Waals surface area contributed by atoms with Crippen LogP contribution in [-0.4, -0.2) is 34.3 Å². The first-order valence-electron chi connectivity index (χ1n) is 11.2. The first kappa shape index (κ1) is 25.4. The smallest absolute Gasteiger partial charge is 0.320 e. The molecule has 0 unspecified atom stereocenters. The highest BCUT2D eigenvalue weighted by molar-refractivity contribution is 5.95. The van der Waals surface area contributed by atoms with E-state index in [1.165, 1.54) is 31.2 Å². The van der Waals surface area contributed by atoms with Crippen molar-refractivity contribution in [2.75, 3.05) is 0 Å². The standard InChI is InChI=1S/C26H28F3N3O2/c1-16(2)13-22(31)24(34)32(25(15-30)11-12-25)23(26(27,28)29)19-9-7-18(8-10-19)21-6-4-5-20(14-21)17(3)33/h4-10,14,16,22-23H,11-13,31H2,1-3H3/t22-,23-/m0/s1. The van der Waals surface area contributed by atoms with Gasteiger partial charge in [-0.3, -0.25) is 9.59 Å². The van der Waals surface area contributed by atoms with Crippen molar-refractivity contribution in [1.29, 1.82) is 5.26 Å². The summed E-state index contributed by atoms with van der Waals surface area (Å²) < 4.78 is 43.3. The first-order valence-corrected chi connectivity index (χ1v) is 11.2. The van der Waals surface area contributed by atoms with Crippen LogP contribution in [0.1, 0.15) is 62.0 Å². The number of Topliss-reactive ketones (excluding diaryl/α,β-unsaturated/α-hetero) is 1. The van der Waals surface area contributed by atoms with Crippen LogP contribution in [0.25, 0.3) is 11.1 Å². The lowest BCUT2D eigenvalue weighted by Crippen LogP contribution is -2.54. The zero-order valence-corrected chi connectivity index (χ0v) is 19.4. The van der Waals surface area contributed by atoms with Gasteiger partial charge in [-0.1, -0.05) is 56.3 Å². The number of nitrogens with two attached hydrogens (primary N) is 1. The number of hydrogen-bond donors (Lipinski definition) is 1. The number of ketones is 1. The second kappa shape index (κ2) is 9.59. The number of amides is 1. The number of carbonyl (C=O) groups excluding carboxylic acids is 2. The Balaban J connectivity index is 2.03. The number of carbonyl (C=O) groups is 2. The van der Waals surface area contributed by atoms with E-state index >= 15 is 0 Å². The summed E-state index contributed by atoms with van der Waals surface area (Å²) in [6.07, 6.45) is -4.25. The minimum Gasteiger partial charge on any atom is -0.320 e. The quantitative estimate of drug-likeness (QED) is 0.521. The second-order valence-electron chi connectivity index (χ2n) is 9.29. The van der Waals surface area contributed by atoms with Gasteiger partial charge < -0.3 is 10.6 Å². The molecule has 1 fully saturated rings. The fourth-order valence-electron chi connectivity index (χ4n) is 4.16. The molecule has 0 aliphatic heterocycles. The average Bonchev–Trinajstić information content (AvgIpc) is 3.57. The zero-order chi connectivity index (χ0) is 25.3. The van der Waals surface area contributed by atoms with Gasteiger partial charge in [0.2, 0.25) is 5.91 Å². The van der Waals surface area contributed by atoms with Gasteiger partial charge in [0, 0.05) is 5.56 Å². The molecule has 5 nitrogen and oxygen atoms in total. The monoisotopic (exact) mass is 471 g/mol. The normalized spacial score (nSPS) is 16.4. The summed E-state index contributed by atoms with van der Waals surface area (Å²) in [7, 11) is 0. The maximum absolute atomic E-state index is 14.4. The zero-order valence-electron chi connectivity index (χ0n) is 19.4. The third kappa shape index (κ3) is 5.31. The Kier molecular flexibility index (Phi) is 7.18. The van der Waals surface area contributed by atoms with Gasteiger partial charge in [-0.25, -0.2) is 0 Å². The van der Waals surface area contributed by atoms with Gasteiger partial charge in [0.25, 0.3) is 0 Å². The molecule has 2 N–H and O–H groups in total. The van der Waals surface area contributed by atoms with Crippen LogP contribution in [0.4, 0.5) is 13.2 Å². The molecular formula is C26H28F3N3O2. The predicted octanol–water partition coefficient (Wildman–Crippen LogP) is 5.42. The van der Waals surface area contributed by atoms with E-state index < -0.39 is 29.7 Å². The minimum absolute atomic E-state index is 0.00687. The van der Waals surface area contributed by atoms with Crippen molar-refractivity contribution in [3.8, 4) is 17.2 Å². The largest absolute Gasteiger partial charge is 0.413 e. The predicted molar refractivity (Wildman–Crippen MR) is 123 cm³/mol. The van der Waals surface area contributed by atoms with Crippen molar-refractivity contribution in [3.63, 3.8) is 0 Å². The van der Waals surface area contributed by atoms with E-state index in [2.05, 4.69) is 0 Å². The molecule has 34 heavy (non-hydrogen) atoms. The molecule has 0 bridgehead atoms. The maximum Gasteiger partial charge on any atom is 0.413 e. The van der Waals surface area contributed by atoms with Crippen molar-refractivity contribution in [3.05, 3.63) is 59.7 Å². The van der Waals surface area contributed by atoms with Crippen LogP contribution < -0.4 is 5.73 Å². The van der Waals surface area contributed by atoms with E-state index in [1.807, 2.05) is 19.9 Å². The third-order valence-corrected chi connectivity index (χ3v) is 6.07. The molecule has 1 aliphatic rings. The molecule has 180 valence electrons. The molecule has 0 spiro atoms. The van der Waals surface area contributed by atoms with Gasteiger partial charge in [-0.05, 0) is 54.9 Å². The van der Waals surface area contributed by atoms with Crippen LogP contribution in [0.2, 0.25) is 0 Å². The van der Waals surface area contributed by atoms with E-state index in [-0.39, 0.29) is 36.5 Å². The number of nitrogens with zero attached hydrogens (tertiary/aromatic N) is 2. The fraction of sp³-hybridized carbons (Fsp3) is 0.423. The fourth-order valence-corrected chi connectivity index (χ4v) is 4.16. The van der Waals surface area contributed by atoms with Crippen LogP contribution in [-0.2, 0) is 4.79 Å². The number of rotatable bonds is 8. The summed E-state index contributed by atoms with van der Waals surface area (Å²) in [5.74, 6) is -0.977. The van der Waals surface area contributed by atoms with Crippen LogP contribution in [0.5, 0.6) is 0 Å². The molecule has 2 atom stereocenters. The first-order chi connectivity index (χ1) is 15.9. The molecule has 1 aliphatic carbocycles. The molecule has 0 heterocycles. The van der Waals surface area contributed by atoms with Crippen LogP contribution in [0.15, 0.2) is 48.5 Å². The molecule has 1 saturated carbocycles. The van der Waals surface area contributed by atoms with Gasteiger partial charge in [0.05, 0.1) is 12.1 Å². The Bertz CT molecular complexity index is 1100. The Labute approximate surface area is 197 Å². The minimum atomic E-state index is -4.81. The Morgan fingerprint density at radius 3 is 2.21 bits per heavy atom.